The highest BCUT2D eigenvalue weighted by atomic mass is 32.1. The first-order valence-electron chi connectivity index (χ1n) is 6.11. The summed E-state index contributed by atoms with van der Waals surface area (Å²) >= 11 is 1.44. The molecule has 112 valence electrons. The molecule has 0 aliphatic carbocycles. The Kier molecular flexibility index (Phi) is 4.49. The third-order valence-electron chi connectivity index (χ3n) is 2.81. The SMILES string of the molecule is Cc1cnc(C(C)NC(=O)c2cc(F)c(NN)c(F)c2)s1. The molecule has 0 bridgehead atoms. The summed E-state index contributed by atoms with van der Waals surface area (Å²) in [7, 11) is 0. The lowest BCUT2D eigenvalue weighted by atomic mass is 10.1. The molecule has 4 N–H and O–H groups in total. The highest BCUT2D eigenvalue weighted by Gasteiger charge is 2.17. The molecule has 0 aliphatic heterocycles. The zero-order valence-electron chi connectivity index (χ0n) is 11.4. The van der Waals surface area contributed by atoms with Crippen LogP contribution < -0.4 is 16.6 Å². The number of hydrogen-bond acceptors (Lipinski definition) is 5. The quantitative estimate of drug-likeness (QED) is 0.598. The molecule has 21 heavy (non-hydrogen) atoms. The van der Waals surface area contributed by atoms with Crippen LogP contribution >= 0.6 is 11.3 Å². The molecular weight excluding hydrogens is 298 g/mol. The minimum Gasteiger partial charge on any atom is -0.343 e. The van der Waals surface area contributed by atoms with Crippen molar-refractivity contribution in [1.82, 2.24) is 10.3 Å². The second-order valence-electron chi connectivity index (χ2n) is 4.46. The summed E-state index contributed by atoms with van der Waals surface area (Å²) in [5.41, 5.74) is 1.31. The van der Waals surface area contributed by atoms with Gasteiger partial charge in [0, 0.05) is 16.6 Å². The summed E-state index contributed by atoms with van der Waals surface area (Å²) in [4.78, 5) is 17.2. The van der Waals surface area contributed by atoms with E-state index in [2.05, 4.69) is 10.3 Å². The second-order valence-corrected chi connectivity index (χ2v) is 5.73. The smallest absolute Gasteiger partial charge is 0.252 e. The number of carbonyl (C=O) groups excluding carboxylic acids is 1. The van der Waals surface area contributed by atoms with Crippen LogP contribution in [0.3, 0.4) is 0 Å². The van der Waals surface area contributed by atoms with Crippen molar-refractivity contribution in [2.24, 2.45) is 5.84 Å². The fraction of sp³-hybridized carbons (Fsp3) is 0.231. The van der Waals surface area contributed by atoms with Gasteiger partial charge in [0.2, 0.25) is 0 Å². The third-order valence-corrected chi connectivity index (χ3v) is 3.90. The fourth-order valence-corrected chi connectivity index (χ4v) is 2.53. The number of nitrogens with one attached hydrogen (secondary N) is 2. The maximum Gasteiger partial charge on any atom is 0.252 e. The summed E-state index contributed by atoms with van der Waals surface area (Å²) in [6.45, 7) is 3.65. The first-order chi connectivity index (χ1) is 9.92. The lowest BCUT2D eigenvalue weighted by Gasteiger charge is -2.12. The molecule has 1 atom stereocenters. The Morgan fingerprint density at radius 2 is 2.00 bits per heavy atom. The predicted octanol–water partition coefficient (Wildman–Crippen LogP) is 2.51. The van der Waals surface area contributed by atoms with Crippen molar-refractivity contribution in [3.8, 4) is 0 Å². The van der Waals surface area contributed by atoms with Gasteiger partial charge in [0.05, 0.1) is 6.04 Å². The molecule has 1 aromatic heterocycles. The number of nitrogens with zero attached hydrogens (tertiary/aromatic N) is 1. The van der Waals surface area contributed by atoms with Gasteiger partial charge in [-0.1, -0.05) is 0 Å². The van der Waals surface area contributed by atoms with Crippen molar-refractivity contribution in [2.75, 3.05) is 5.43 Å². The molecule has 2 rings (SSSR count). The second kappa shape index (κ2) is 6.15. The summed E-state index contributed by atoms with van der Waals surface area (Å²) in [6, 6.07) is 1.50. The highest BCUT2D eigenvalue weighted by molar-refractivity contribution is 7.11. The maximum atomic E-state index is 13.6. The van der Waals surface area contributed by atoms with E-state index < -0.39 is 23.2 Å². The number of halogens is 2. The molecule has 1 unspecified atom stereocenters. The molecule has 0 spiro atoms. The van der Waals surface area contributed by atoms with E-state index >= 15 is 0 Å². The van der Waals surface area contributed by atoms with Crippen LogP contribution in [0, 0.1) is 18.6 Å². The lowest BCUT2D eigenvalue weighted by Crippen LogP contribution is -2.27. The number of thiazole rings is 1. The average Bonchev–Trinajstić information content (AvgIpc) is 2.85. The number of amides is 1. The number of aromatic nitrogens is 1. The Morgan fingerprint density at radius 3 is 2.48 bits per heavy atom. The first kappa shape index (κ1) is 15.3. The molecule has 0 saturated heterocycles. The number of rotatable bonds is 4. The molecule has 0 fully saturated rings. The zero-order chi connectivity index (χ0) is 15.6. The van der Waals surface area contributed by atoms with Crippen LogP contribution in [-0.4, -0.2) is 10.9 Å². The van der Waals surface area contributed by atoms with Crippen molar-refractivity contribution < 1.29 is 13.6 Å². The van der Waals surface area contributed by atoms with Gasteiger partial charge in [-0.15, -0.1) is 11.3 Å². The van der Waals surface area contributed by atoms with E-state index in [1.165, 1.54) is 11.3 Å². The molecule has 2 aromatic rings. The van der Waals surface area contributed by atoms with Crippen molar-refractivity contribution in [2.45, 2.75) is 19.9 Å². The van der Waals surface area contributed by atoms with Gasteiger partial charge >= 0.3 is 0 Å². The van der Waals surface area contributed by atoms with Gasteiger partial charge in [-0.3, -0.25) is 10.6 Å². The van der Waals surface area contributed by atoms with E-state index in [1.807, 2.05) is 12.3 Å². The molecule has 0 saturated carbocycles. The van der Waals surface area contributed by atoms with Crippen molar-refractivity contribution in [3.05, 3.63) is 45.4 Å². The molecule has 1 aromatic carbocycles. The van der Waals surface area contributed by atoms with E-state index in [-0.39, 0.29) is 11.6 Å². The van der Waals surface area contributed by atoms with Gasteiger partial charge < -0.3 is 10.7 Å². The normalized spacial score (nSPS) is 12.0. The Morgan fingerprint density at radius 1 is 1.38 bits per heavy atom. The summed E-state index contributed by atoms with van der Waals surface area (Å²) in [5.74, 6) is 2.55. The Balaban J connectivity index is 2.17. The molecular formula is C13H14F2N4OS. The van der Waals surface area contributed by atoms with Crippen molar-refractivity contribution in [3.63, 3.8) is 0 Å². The third kappa shape index (κ3) is 3.34. The fourth-order valence-electron chi connectivity index (χ4n) is 1.76. The minimum absolute atomic E-state index is 0.121. The minimum atomic E-state index is -0.930. The van der Waals surface area contributed by atoms with Crippen LogP contribution in [0.15, 0.2) is 18.3 Å². The predicted molar refractivity (Wildman–Crippen MR) is 76.9 cm³/mol. The monoisotopic (exact) mass is 312 g/mol. The number of hydrazine groups is 1. The standard InChI is InChI=1S/C13H14F2N4OS/c1-6-5-17-13(21-6)7(2)18-12(20)8-3-9(14)11(19-16)10(15)4-8/h3-5,7,19H,16H2,1-2H3,(H,18,20). The molecule has 0 radical (unpaired) electrons. The average molecular weight is 312 g/mol. The summed E-state index contributed by atoms with van der Waals surface area (Å²) in [6.07, 6.45) is 1.70. The van der Waals surface area contributed by atoms with E-state index in [0.717, 1.165) is 22.0 Å². The largest absolute Gasteiger partial charge is 0.343 e. The number of nitrogens with two attached hydrogens (primary N) is 1. The van der Waals surface area contributed by atoms with Crippen LogP contribution in [0.5, 0.6) is 0 Å². The Hall–Kier alpha value is -2.06. The molecule has 8 heteroatoms. The van der Waals surface area contributed by atoms with Crippen LogP contribution in [0.25, 0.3) is 0 Å². The van der Waals surface area contributed by atoms with Crippen molar-refractivity contribution in [1.29, 1.82) is 0 Å². The van der Waals surface area contributed by atoms with Gasteiger partial charge in [0.15, 0.2) is 11.6 Å². The Labute approximate surface area is 124 Å². The van der Waals surface area contributed by atoms with E-state index in [4.69, 9.17) is 5.84 Å². The molecule has 1 amide bonds. The number of benzene rings is 1. The van der Waals surface area contributed by atoms with Crippen LogP contribution in [0.4, 0.5) is 14.5 Å². The van der Waals surface area contributed by atoms with Gasteiger partial charge in [0.1, 0.15) is 10.7 Å². The van der Waals surface area contributed by atoms with E-state index in [9.17, 15) is 13.6 Å². The maximum absolute atomic E-state index is 13.6. The van der Waals surface area contributed by atoms with E-state index in [0.29, 0.717) is 0 Å². The van der Waals surface area contributed by atoms with Crippen LogP contribution in [0.1, 0.15) is 33.2 Å². The number of nitrogen functional groups attached to an aromatic ring is 1. The summed E-state index contributed by atoms with van der Waals surface area (Å²) in [5, 5.41) is 3.37. The zero-order valence-corrected chi connectivity index (χ0v) is 12.2. The number of aryl methyl sites for hydroxylation is 1. The van der Waals surface area contributed by atoms with Gasteiger partial charge in [0.25, 0.3) is 5.91 Å². The number of hydrogen-bond donors (Lipinski definition) is 3. The van der Waals surface area contributed by atoms with Gasteiger partial charge in [-0.2, -0.15) is 0 Å². The van der Waals surface area contributed by atoms with Gasteiger partial charge in [-0.05, 0) is 26.0 Å². The lowest BCUT2D eigenvalue weighted by molar-refractivity contribution is 0.0939. The number of carbonyl (C=O) groups is 1. The molecule has 5 nitrogen and oxygen atoms in total. The highest BCUT2D eigenvalue weighted by Crippen LogP contribution is 2.22. The number of anilines is 1. The first-order valence-corrected chi connectivity index (χ1v) is 6.93. The van der Waals surface area contributed by atoms with E-state index in [1.54, 1.807) is 13.1 Å². The Bertz CT molecular complexity index is 651. The molecule has 0 aliphatic rings. The van der Waals surface area contributed by atoms with Gasteiger partial charge in [-0.25, -0.2) is 13.8 Å². The topological polar surface area (TPSA) is 80.0 Å². The van der Waals surface area contributed by atoms with Crippen LogP contribution in [0.2, 0.25) is 0 Å². The van der Waals surface area contributed by atoms with Crippen LogP contribution in [-0.2, 0) is 0 Å². The van der Waals surface area contributed by atoms with Crippen molar-refractivity contribution >= 4 is 22.9 Å². The molecule has 1 heterocycles. The summed E-state index contributed by atoms with van der Waals surface area (Å²) < 4.78 is 27.1.